The van der Waals surface area contributed by atoms with Crippen LogP contribution in [0.2, 0.25) is 0 Å². The Morgan fingerprint density at radius 1 is 1.38 bits per heavy atom. The van der Waals surface area contributed by atoms with Crippen LogP contribution in [0, 0.1) is 17.1 Å². The molecule has 1 fully saturated rings. The van der Waals surface area contributed by atoms with Gasteiger partial charge in [0.1, 0.15) is 29.0 Å². The quantitative estimate of drug-likeness (QED) is 0.560. The van der Waals surface area contributed by atoms with Crippen molar-refractivity contribution in [1.29, 1.82) is 5.26 Å². The first-order valence-electron chi connectivity index (χ1n) is 10.1. The first-order chi connectivity index (χ1) is 15.0. The second kappa shape index (κ2) is 7.55. The summed E-state index contributed by atoms with van der Waals surface area (Å²) in [6.07, 6.45) is 1.93. The van der Waals surface area contributed by atoms with Crippen LogP contribution in [0.3, 0.4) is 0 Å². The number of anilines is 1. The number of nitrogens with zero attached hydrogens (tertiary/aromatic N) is 3. The van der Waals surface area contributed by atoms with Crippen molar-refractivity contribution in [3.63, 3.8) is 0 Å². The Morgan fingerprint density at radius 3 is 2.78 bits per heavy atom. The van der Waals surface area contributed by atoms with E-state index in [1.807, 2.05) is 19.9 Å². The second-order valence-corrected chi connectivity index (χ2v) is 11.8. The van der Waals surface area contributed by atoms with Gasteiger partial charge in [0, 0.05) is 24.0 Å². The lowest BCUT2D eigenvalue weighted by atomic mass is 9.85. The Kier molecular flexibility index (Phi) is 5.24. The molecule has 32 heavy (non-hydrogen) atoms. The van der Waals surface area contributed by atoms with Gasteiger partial charge < -0.3 is 15.6 Å². The largest absolute Gasteiger partial charge is 0.386 e. The number of fused-ring (bicyclic) bond motifs is 1. The molecular formula is C22H25FN6O2S. The van der Waals surface area contributed by atoms with Crippen molar-refractivity contribution in [2.24, 2.45) is 10.7 Å². The minimum Gasteiger partial charge on any atom is -0.386 e. The highest BCUT2D eigenvalue weighted by Crippen LogP contribution is 2.67. The molecule has 1 aromatic heterocycles. The maximum Gasteiger partial charge on any atom is 0.274 e. The van der Waals surface area contributed by atoms with Gasteiger partial charge in [-0.25, -0.2) is 9.37 Å². The number of halogens is 1. The summed E-state index contributed by atoms with van der Waals surface area (Å²) in [5.74, 6) is -0.722. The van der Waals surface area contributed by atoms with Crippen molar-refractivity contribution < 1.29 is 13.7 Å². The van der Waals surface area contributed by atoms with Crippen molar-refractivity contribution in [2.45, 2.75) is 42.7 Å². The Morgan fingerprint density at radius 2 is 2.12 bits per heavy atom. The number of pyridine rings is 1. The number of aliphatic imine (C=N–C) groups is 1. The van der Waals surface area contributed by atoms with Gasteiger partial charge in [-0.3, -0.25) is 14.5 Å². The minimum absolute atomic E-state index is 0.126. The van der Waals surface area contributed by atoms with Gasteiger partial charge in [0.25, 0.3) is 5.91 Å². The first kappa shape index (κ1) is 22.2. The number of rotatable bonds is 3. The molecule has 168 valence electrons. The number of aromatic nitrogens is 1. The van der Waals surface area contributed by atoms with E-state index in [2.05, 4.69) is 15.0 Å². The molecule has 2 aromatic rings. The van der Waals surface area contributed by atoms with E-state index < -0.39 is 32.5 Å². The van der Waals surface area contributed by atoms with E-state index in [0.717, 1.165) is 0 Å². The van der Waals surface area contributed by atoms with Gasteiger partial charge in [0.15, 0.2) is 0 Å². The molecule has 3 atom stereocenters. The van der Waals surface area contributed by atoms with Crippen LogP contribution in [-0.2, 0) is 5.54 Å². The van der Waals surface area contributed by atoms with Crippen LogP contribution in [-0.4, -0.2) is 37.8 Å². The maximum atomic E-state index is 15.1. The highest BCUT2D eigenvalue weighted by molar-refractivity contribution is 8.29. The van der Waals surface area contributed by atoms with E-state index >= 15 is 4.39 Å². The van der Waals surface area contributed by atoms with E-state index in [4.69, 9.17) is 16.0 Å². The zero-order valence-electron chi connectivity index (χ0n) is 18.0. The van der Waals surface area contributed by atoms with E-state index in [1.54, 1.807) is 6.92 Å². The molecule has 4 rings (SSSR count). The number of hydrogen-bond donors (Lipinski definition) is 4. The monoisotopic (exact) mass is 456 g/mol. The van der Waals surface area contributed by atoms with E-state index in [9.17, 15) is 9.35 Å². The molecule has 2 aliphatic rings. The lowest BCUT2D eigenvalue weighted by Gasteiger charge is -2.56. The zero-order valence-corrected chi connectivity index (χ0v) is 18.8. The summed E-state index contributed by atoms with van der Waals surface area (Å²) in [6, 6.07) is 9.14. The molecule has 0 aliphatic carbocycles. The van der Waals surface area contributed by atoms with E-state index in [1.165, 1.54) is 36.5 Å². The average molecular weight is 457 g/mol. The third-order valence-electron chi connectivity index (χ3n) is 6.41. The topological polar surface area (TPSA) is 136 Å². The number of nitrogens with two attached hydrogens (primary N) is 1. The van der Waals surface area contributed by atoms with Crippen LogP contribution in [0.4, 0.5) is 10.1 Å². The highest BCUT2D eigenvalue weighted by Gasteiger charge is 2.60. The average Bonchev–Trinajstić information content (AvgIpc) is 3.18. The molecule has 1 saturated heterocycles. The SMILES string of the molecule is CC1(C)C(N)=N[C@](C)(c2cc(NC(=O)c3ccc(C#N)cn3)ccc2F)[C@@H]2CCNS21O. The van der Waals surface area contributed by atoms with Crippen LogP contribution in [0.25, 0.3) is 0 Å². The number of carbonyl (C=O) groups excluding carboxylic acids is 1. The van der Waals surface area contributed by atoms with Crippen LogP contribution in [0.5, 0.6) is 0 Å². The first-order valence-corrected chi connectivity index (χ1v) is 11.8. The number of hydrogen-bond acceptors (Lipinski definition) is 7. The number of nitrogens with one attached hydrogen (secondary N) is 2. The second-order valence-electron chi connectivity index (χ2n) is 8.64. The van der Waals surface area contributed by atoms with Crippen molar-refractivity contribution in [1.82, 2.24) is 9.71 Å². The summed E-state index contributed by atoms with van der Waals surface area (Å²) in [4.78, 5) is 21.3. The van der Waals surface area contributed by atoms with Gasteiger partial charge >= 0.3 is 0 Å². The number of amides is 1. The minimum atomic E-state index is -2.43. The number of benzene rings is 1. The molecule has 0 spiro atoms. The summed E-state index contributed by atoms with van der Waals surface area (Å²) in [5.41, 5.74) is 6.26. The van der Waals surface area contributed by atoms with Crippen LogP contribution in [0.1, 0.15) is 48.8 Å². The molecule has 1 aromatic carbocycles. The number of carbonyl (C=O) groups is 1. The molecule has 10 heteroatoms. The standard InChI is InChI=1S/C22H25FN6O2S/c1-21(2)20(25)29-22(3,18-8-9-27-32(18,21)31)15-10-14(5-6-16(15)23)28-19(30)17-7-4-13(11-24)12-26-17/h4-7,10,12,18,27,31H,8-9H2,1-3H3,(H2,25,29)(H,28,30)/t18-,22+/m0/s1. The summed E-state index contributed by atoms with van der Waals surface area (Å²) in [7, 11) is -2.43. The van der Waals surface area contributed by atoms with Gasteiger partial charge in [-0.1, -0.05) is 10.5 Å². The summed E-state index contributed by atoms with van der Waals surface area (Å²) < 4.78 is 29.2. The number of nitriles is 1. The molecule has 1 amide bonds. The Balaban J connectivity index is 1.72. The molecule has 0 bridgehead atoms. The summed E-state index contributed by atoms with van der Waals surface area (Å²) in [5, 5.41) is 11.2. The van der Waals surface area contributed by atoms with E-state index in [-0.39, 0.29) is 22.3 Å². The van der Waals surface area contributed by atoms with Crippen molar-refractivity contribution >= 4 is 27.9 Å². The van der Waals surface area contributed by atoms with Crippen molar-refractivity contribution in [3.05, 3.63) is 59.2 Å². The maximum absolute atomic E-state index is 15.1. The van der Waals surface area contributed by atoms with Crippen LogP contribution in [0.15, 0.2) is 41.5 Å². The van der Waals surface area contributed by atoms with Crippen molar-refractivity contribution in [3.8, 4) is 6.07 Å². The summed E-state index contributed by atoms with van der Waals surface area (Å²) >= 11 is 0. The van der Waals surface area contributed by atoms with Crippen LogP contribution < -0.4 is 15.8 Å². The molecule has 3 heterocycles. The Bertz CT molecular complexity index is 1160. The predicted molar refractivity (Wildman–Crippen MR) is 123 cm³/mol. The highest BCUT2D eigenvalue weighted by atomic mass is 32.3. The lowest BCUT2D eigenvalue weighted by Crippen LogP contribution is -2.57. The zero-order chi connectivity index (χ0) is 23.3. The molecular weight excluding hydrogens is 431 g/mol. The Hall–Kier alpha value is -3.00. The third kappa shape index (κ3) is 3.24. The molecule has 2 aliphatic heterocycles. The van der Waals surface area contributed by atoms with Gasteiger partial charge in [-0.2, -0.15) is 5.26 Å². The molecule has 5 N–H and O–H groups in total. The van der Waals surface area contributed by atoms with E-state index in [0.29, 0.717) is 24.2 Å². The Labute approximate surface area is 187 Å². The predicted octanol–water partition coefficient (Wildman–Crippen LogP) is 3.26. The number of amidine groups is 1. The lowest BCUT2D eigenvalue weighted by molar-refractivity contribution is 0.102. The van der Waals surface area contributed by atoms with Gasteiger partial charge in [0.2, 0.25) is 0 Å². The molecule has 0 saturated carbocycles. The fourth-order valence-electron chi connectivity index (χ4n) is 4.40. The van der Waals surface area contributed by atoms with Gasteiger partial charge in [-0.15, -0.1) is 0 Å². The normalized spacial score (nSPS) is 30.4. The summed E-state index contributed by atoms with van der Waals surface area (Å²) in [6.45, 7) is 6.06. The fourth-order valence-corrected chi connectivity index (χ4v) is 7.77. The molecule has 0 radical (unpaired) electrons. The van der Waals surface area contributed by atoms with Crippen molar-refractivity contribution in [2.75, 3.05) is 11.9 Å². The molecule has 1 unspecified atom stereocenters. The van der Waals surface area contributed by atoms with Gasteiger partial charge in [0.05, 0.1) is 15.6 Å². The van der Waals surface area contributed by atoms with Crippen LogP contribution >= 0.6 is 10.5 Å². The third-order valence-corrected chi connectivity index (χ3v) is 10.3. The fraction of sp³-hybridized carbons (Fsp3) is 0.364. The smallest absolute Gasteiger partial charge is 0.274 e. The molecule has 8 nitrogen and oxygen atoms in total. The van der Waals surface area contributed by atoms with Gasteiger partial charge in [-0.05, 0) is 57.5 Å².